The normalized spacial score (nSPS) is 19.2. The SMILES string of the molecule is COC(=O)[C@H]1CCCCN1Cc1ccc([N+](=O)[O-])c(F)c1. The van der Waals surface area contributed by atoms with E-state index in [0.29, 0.717) is 18.5 Å². The van der Waals surface area contributed by atoms with Crippen molar-refractivity contribution in [1.29, 1.82) is 0 Å². The van der Waals surface area contributed by atoms with E-state index in [1.165, 1.54) is 13.2 Å². The highest BCUT2D eigenvalue weighted by Crippen LogP contribution is 2.23. The van der Waals surface area contributed by atoms with Gasteiger partial charge in [-0.2, -0.15) is 4.39 Å². The fraction of sp³-hybridized carbons (Fsp3) is 0.500. The Bertz CT molecular complexity index is 550. The number of carbonyl (C=O) groups is 1. The molecule has 1 heterocycles. The lowest BCUT2D eigenvalue weighted by Crippen LogP contribution is -2.44. The van der Waals surface area contributed by atoms with E-state index in [1.54, 1.807) is 0 Å². The first-order chi connectivity index (χ1) is 10.0. The fourth-order valence-corrected chi connectivity index (χ4v) is 2.61. The van der Waals surface area contributed by atoms with Crippen molar-refractivity contribution in [2.45, 2.75) is 31.8 Å². The van der Waals surface area contributed by atoms with Crippen LogP contribution in [0.3, 0.4) is 0 Å². The Kier molecular flexibility index (Phi) is 4.85. The van der Waals surface area contributed by atoms with Crippen LogP contribution < -0.4 is 0 Å². The van der Waals surface area contributed by atoms with Crippen LogP contribution in [0.2, 0.25) is 0 Å². The smallest absolute Gasteiger partial charge is 0.323 e. The predicted molar refractivity (Wildman–Crippen MR) is 73.1 cm³/mol. The molecule has 7 heteroatoms. The number of nitrogens with zero attached hydrogens (tertiary/aromatic N) is 2. The second kappa shape index (κ2) is 6.62. The standard InChI is InChI=1S/C14H17FN2O4/c1-21-14(18)13-4-2-3-7-16(13)9-10-5-6-12(17(19)20)11(15)8-10/h5-6,8,13H,2-4,7,9H2,1H3/t13-/m1/s1. The zero-order chi connectivity index (χ0) is 15.4. The lowest BCUT2D eigenvalue weighted by Gasteiger charge is -2.33. The van der Waals surface area contributed by atoms with Gasteiger partial charge in [-0.3, -0.25) is 19.8 Å². The minimum Gasteiger partial charge on any atom is -0.468 e. The Morgan fingerprint density at radius 1 is 1.52 bits per heavy atom. The van der Waals surface area contributed by atoms with Crippen LogP contribution in [-0.4, -0.2) is 35.5 Å². The molecule has 1 aliphatic rings. The zero-order valence-corrected chi connectivity index (χ0v) is 11.8. The van der Waals surface area contributed by atoms with Gasteiger partial charge in [0.1, 0.15) is 6.04 Å². The van der Waals surface area contributed by atoms with E-state index in [4.69, 9.17) is 4.74 Å². The minimum atomic E-state index is -0.857. The number of halogens is 1. The average Bonchev–Trinajstić information content (AvgIpc) is 2.46. The van der Waals surface area contributed by atoms with Crippen molar-refractivity contribution in [2.75, 3.05) is 13.7 Å². The van der Waals surface area contributed by atoms with Crippen LogP contribution in [0.15, 0.2) is 18.2 Å². The number of hydrogen-bond donors (Lipinski definition) is 0. The maximum Gasteiger partial charge on any atom is 0.323 e. The van der Waals surface area contributed by atoms with Crippen LogP contribution in [0.4, 0.5) is 10.1 Å². The quantitative estimate of drug-likeness (QED) is 0.484. The molecule has 0 radical (unpaired) electrons. The molecule has 1 fully saturated rings. The zero-order valence-electron chi connectivity index (χ0n) is 11.8. The molecule has 1 aliphatic heterocycles. The summed E-state index contributed by atoms with van der Waals surface area (Å²) in [5.41, 5.74) is 0.0656. The van der Waals surface area contributed by atoms with Crippen LogP contribution in [0.5, 0.6) is 0 Å². The Hall–Kier alpha value is -2.02. The summed E-state index contributed by atoms with van der Waals surface area (Å²) in [7, 11) is 1.35. The van der Waals surface area contributed by atoms with Gasteiger partial charge in [-0.1, -0.05) is 12.5 Å². The van der Waals surface area contributed by atoms with Crippen LogP contribution >= 0.6 is 0 Å². The van der Waals surface area contributed by atoms with Gasteiger partial charge in [-0.25, -0.2) is 0 Å². The number of nitro groups is 1. The molecular weight excluding hydrogens is 279 g/mol. The molecule has 6 nitrogen and oxygen atoms in total. The van der Waals surface area contributed by atoms with Crippen LogP contribution in [0.25, 0.3) is 0 Å². The second-order valence-corrected chi connectivity index (χ2v) is 5.05. The number of esters is 1. The number of nitro benzene ring substituents is 1. The molecule has 0 N–H and O–H groups in total. The first-order valence-electron chi connectivity index (χ1n) is 6.77. The van der Waals surface area contributed by atoms with Crippen molar-refractivity contribution >= 4 is 11.7 Å². The molecule has 1 aromatic carbocycles. The molecule has 114 valence electrons. The third kappa shape index (κ3) is 3.55. The summed E-state index contributed by atoms with van der Waals surface area (Å²) in [5, 5.41) is 10.6. The Morgan fingerprint density at radius 3 is 2.90 bits per heavy atom. The summed E-state index contributed by atoms with van der Waals surface area (Å²) in [6, 6.07) is 3.49. The maximum atomic E-state index is 13.6. The number of ether oxygens (including phenoxy) is 1. The van der Waals surface area contributed by atoms with Crippen molar-refractivity contribution in [2.24, 2.45) is 0 Å². The van der Waals surface area contributed by atoms with E-state index in [9.17, 15) is 19.3 Å². The molecule has 1 aromatic rings. The minimum absolute atomic E-state index is 0.294. The van der Waals surface area contributed by atoms with Gasteiger partial charge in [0.25, 0.3) is 0 Å². The van der Waals surface area contributed by atoms with Crippen LogP contribution in [0, 0.1) is 15.9 Å². The van der Waals surface area contributed by atoms with Gasteiger partial charge >= 0.3 is 11.7 Å². The molecular formula is C14H17FN2O4. The van der Waals surface area contributed by atoms with E-state index in [-0.39, 0.29) is 12.0 Å². The highest BCUT2D eigenvalue weighted by atomic mass is 19.1. The summed E-state index contributed by atoms with van der Waals surface area (Å²) in [4.78, 5) is 23.5. The Balaban J connectivity index is 2.14. The monoisotopic (exact) mass is 296 g/mol. The van der Waals surface area contributed by atoms with Gasteiger partial charge in [0.15, 0.2) is 0 Å². The second-order valence-electron chi connectivity index (χ2n) is 5.05. The molecule has 21 heavy (non-hydrogen) atoms. The summed E-state index contributed by atoms with van der Waals surface area (Å²) in [5.74, 6) is -1.15. The molecule has 2 rings (SSSR count). The van der Waals surface area contributed by atoms with Crippen molar-refractivity contribution < 1.29 is 18.8 Å². The third-order valence-corrected chi connectivity index (χ3v) is 3.68. The van der Waals surface area contributed by atoms with Crippen molar-refractivity contribution in [3.05, 3.63) is 39.7 Å². The summed E-state index contributed by atoms with van der Waals surface area (Å²) < 4.78 is 18.4. The first kappa shape index (κ1) is 15.4. The molecule has 1 saturated heterocycles. The van der Waals surface area contributed by atoms with E-state index in [0.717, 1.165) is 31.5 Å². The van der Waals surface area contributed by atoms with Gasteiger partial charge in [-0.15, -0.1) is 0 Å². The highest BCUT2D eigenvalue weighted by Gasteiger charge is 2.29. The first-order valence-corrected chi connectivity index (χ1v) is 6.77. The van der Waals surface area contributed by atoms with Gasteiger partial charge in [-0.05, 0) is 31.0 Å². The number of rotatable bonds is 4. The van der Waals surface area contributed by atoms with Gasteiger partial charge in [0.2, 0.25) is 5.82 Å². The lowest BCUT2D eigenvalue weighted by atomic mass is 10.0. The Labute approximate surface area is 121 Å². The van der Waals surface area contributed by atoms with Crippen molar-refractivity contribution in [3.63, 3.8) is 0 Å². The van der Waals surface area contributed by atoms with Crippen LogP contribution in [0.1, 0.15) is 24.8 Å². The molecule has 0 spiro atoms. The summed E-state index contributed by atoms with van der Waals surface area (Å²) in [6.45, 7) is 1.09. The number of benzene rings is 1. The largest absolute Gasteiger partial charge is 0.468 e. The lowest BCUT2D eigenvalue weighted by molar-refractivity contribution is -0.387. The molecule has 0 unspecified atom stereocenters. The molecule has 0 amide bonds. The van der Waals surface area contributed by atoms with Gasteiger partial charge in [0.05, 0.1) is 12.0 Å². The maximum absolute atomic E-state index is 13.6. The Morgan fingerprint density at radius 2 is 2.29 bits per heavy atom. The van der Waals surface area contributed by atoms with Gasteiger partial charge in [0, 0.05) is 12.6 Å². The number of carbonyl (C=O) groups excluding carboxylic acids is 1. The molecule has 0 saturated carbocycles. The highest BCUT2D eigenvalue weighted by molar-refractivity contribution is 5.75. The molecule has 0 bridgehead atoms. The summed E-state index contributed by atoms with van der Waals surface area (Å²) >= 11 is 0. The van der Waals surface area contributed by atoms with Crippen molar-refractivity contribution in [3.8, 4) is 0 Å². The van der Waals surface area contributed by atoms with E-state index in [2.05, 4.69) is 0 Å². The summed E-state index contributed by atoms with van der Waals surface area (Å²) in [6.07, 6.45) is 2.62. The number of methoxy groups -OCH3 is 1. The predicted octanol–water partition coefficient (Wildman–Crippen LogP) is 2.26. The average molecular weight is 296 g/mol. The number of likely N-dealkylation sites (tertiary alicyclic amines) is 1. The van der Waals surface area contributed by atoms with Crippen LogP contribution in [-0.2, 0) is 16.1 Å². The van der Waals surface area contributed by atoms with Crippen molar-refractivity contribution in [1.82, 2.24) is 4.90 Å². The topological polar surface area (TPSA) is 72.7 Å². The third-order valence-electron chi connectivity index (χ3n) is 3.68. The van der Waals surface area contributed by atoms with E-state index >= 15 is 0 Å². The molecule has 0 aromatic heterocycles. The van der Waals surface area contributed by atoms with Gasteiger partial charge < -0.3 is 4.74 Å². The van der Waals surface area contributed by atoms with E-state index < -0.39 is 16.4 Å². The number of piperidine rings is 1. The van der Waals surface area contributed by atoms with E-state index in [1.807, 2.05) is 4.90 Å². The fourth-order valence-electron chi connectivity index (χ4n) is 2.61. The molecule has 0 aliphatic carbocycles. The molecule has 1 atom stereocenters. The number of hydrogen-bond acceptors (Lipinski definition) is 5.